The summed E-state index contributed by atoms with van der Waals surface area (Å²) in [4.78, 5) is 19.7. The monoisotopic (exact) mass is 387 g/mol. The van der Waals surface area contributed by atoms with Crippen LogP contribution in [0.2, 0.25) is 0 Å². The summed E-state index contributed by atoms with van der Waals surface area (Å²) in [5.41, 5.74) is 3.75. The Morgan fingerprint density at radius 3 is 2.67 bits per heavy atom. The van der Waals surface area contributed by atoms with Gasteiger partial charge in [-0.25, -0.2) is 13.4 Å². The lowest BCUT2D eigenvalue weighted by molar-refractivity contribution is 0.0956. The van der Waals surface area contributed by atoms with Gasteiger partial charge in [-0.1, -0.05) is 18.2 Å². The number of aliphatic hydroxyl groups is 1. The van der Waals surface area contributed by atoms with Gasteiger partial charge in [0.2, 0.25) is 0 Å². The molecular formula is C19H21N3O4S. The lowest BCUT2D eigenvalue weighted by Crippen LogP contribution is -2.28. The Labute approximate surface area is 157 Å². The molecule has 3 rings (SSSR count). The van der Waals surface area contributed by atoms with Crippen molar-refractivity contribution in [2.24, 2.45) is 0 Å². The van der Waals surface area contributed by atoms with Crippen LogP contribution in [0, 0.1) is 0 Å². The third-order valence-corrected chi connectivity index (χ3v) is 5.06. The molecule has 1 heterocycles. The Morgan fingerprint density at radius 2 is 1.96 bits per heavy atom. The number of H-pyrrole nitrogens is 1. The van der Waals surface area contributed by atoms with Crippen LogP contribution in [0.4, 0.5) is 0 Å². The van der Waals surface area contributed by atoms with Crippen LogP contribution in [-0.4, -0.2) is 48.0 Å². The molecule has 0 radical (unpaired) electrons. The first-order valence-corrected chi connectivity index (χ1v) is 10.5. The molecule has 1 atom stereocenters. The van der Waals surface area contributed by atoms with Gasteiger partial charge in [0.05, 0.1) is 16.8 Å². The minimum absolute atomic E-state index is 0.0735. The zero-order valence-electron chi connectivity index (χ0n) is 15.1. The summed E-state index contributed by atoms with van der Waals surface area (Å²) in [7, 11) is -3.12. The van der Waals surface area contributed by atoms with E-state index in [9.17, 15) is 18.3 Å². The number of amides is 1. The molecule has 3 aromatic rings. The normalized spacial score (nSPS) is 12.9. The number of aliphatic hydroxyl groups excluding tert-OH is 1. The third-order valence-electron chi connectivity index (χ3n) is 4.11. The first kappa shape index (κ1) is 19.1. The lowest BCUT2D eigenvalue weighted by atomic mass is 10.0. The van der Waals surface area contributed by atoms with E-state index in [2.05, 4.69) is 15.3 Å². The summed E-state index contributed by atoms with van der Waals surface area (Å²) < 4.78 is 22.3. The van der Waals surface area contributed by atoms with Gasteiger partial charge in [-0.3, -0.25) is 4.79 Å². The molecule has 0 bridgehead atoms. The Bertz CT molecular complexity index is 1090. The largest absolute Gasteiger partial charge is 0.385 e. The molecule has 8 heteroatoms. The van der Waals surface area contributed by atoms with Gasteiger partial charge in [0.1, 0.15) is 21.8 Å². The third kappa shape index (κ3) is 4.72. The summed E-state index contributed by atoms with van der Waals surface area (Å²) in [6.45, 7) is 1.72. The number of nitrogens with one attached hydrogen (secondary N) is 2. The number of aromatic nitrogens is 2. The molecule has 0 aliphatic carbocycles. The first-order valence-electron chi connectivity index (χ1n) is 8.47. The van der Waals surface area contributed by atoms with Crippen molar-refractivity contribution in [3.8, 4) is 11.1 Å². The van der Waals surface area contributed by atoms with Gasteiger partial charge in [0.15, 0.2) is 0 Å². The molecule has 0 saturated carbocycles. The van der Waals surface area contributed by atoms with E-state index in [4.69, 9.17) is 0 Å². The van der Waals surface area contributed by atoms with Crippen LogP contribution in [0.1, 0.15) is 29.2 Å². The van der Waals surface area contributed by atoms with Gasteiger partial charge in [-0.05, 0) is 42.3 Å². The molecule has 0 fully saturated rings. The van der Waals surface area contributed by atoms with Gasteiger partial charge in [-0.2, -0.15) is 0 Å². The van der Waals surface area contributed by atoms with Crippen molar-refractivity contribution >= 4 is 26.8 Å². The number of carbonyl (C=O) groups excluding carboxylic acids is 1. The number of aromatic amines is 1. The lowest BCUT2D eigenvalue weighted by Gasteiger charge is -2.07. The molecule has 0 saturated heterocycles. The molecular weight excluding hydrogens is 366 g/mol. The number of imidazole rings is 1. The van der Waals surface area contributed by atoms with Crippen LogP contribution >= 0.6 is 0 Å². The zero-order valence-corrected chi connectivity index (χ0v) is 15.9. The minimum atomic E-state index is -3.12. The summed E-state index contributed by atoms with van der Waals surface area (Å²) >= 11 is 0. The molecule has 0 unspecified atom stereocenters. The van der Waals surface area contributed by atoms with Crippen LogP contribution in [-0.2, 0) is 9.84 Å². The average Bonchev–Trinajstić information content (AvgIpc) is 3.04. The van der Waals surface area contributed by atoms with Crippen LogP contribution in [0.25, 0.3) is 22.2 Å². The second-order valence-corrected chi connectivity index (χ2v) is 8.76. The number of hydrogen-bond donors (Lipinski definition) is 3. The van der Waals surface area contributed by atoms with Gasteiger partial charge >= 0.3 is 0 Å². The second kappa shape index (κ2) is 7.50. The molecule has 1 amide bonds. The van der Waals surface area contributed by atoms with Crippen LogP contribution in [0.5, 0.6) is 0 Å². The highest BCUT2D eigenvalue weighted by Crippen LogP contribution is 2.25. The van der Waals surface area contributed by atoms with E-state index < -0.39 is 15.9 Å². The maximum atomic E-state index is 12.3. The fraction of sp³-hybridized carbons (Fsp3) is 0.263. The van der Waals surface area contributed by atoms with E-state index in [-0.39, 0.29) is 18.2 Å². The van der Waals surface area contributed by atoms with Crippen LogP contribution in [0.15, 0.2) is 42.5 Å². The Morgan fingerprint density at radius 1 is 1.22 bits per heavy atom. The smallest absolute Gasteiger partial charge is 0.251 e. The Balaban J connectivity index is 1.82. The maximum Gasteiger partial charge on any atom is 0.251 e. The topological polar surface area (TPSA) is 112 Å². The number of hydrogen-bond acceptors (Lipinski definition) is 5. The summed E-state index contributed by atoms with van der Waals surface area (Å²) in [5.74, 6) is 0.0845. The number of sulfone groups is 1. The molecule has 7 nitrogen and oxygen atoms in total. The predicted octanol–water partition coefficient (Wildman–Crippen LogP) is 2.06. The van der Waals surface area contributed by atoms with E-state index in [0.29, 0.717) is 11.4 Å². The Hall–Kier alpha value is -2.71. The van der Waals surface area contributed by atoms with Crippen molar-refractivity contribution in [2.45, 2.75) is 13.0 Å². The maximum absolute atomic E-state index is 12.3. The van der Waals surface area contributed by atoms with Gasteiger partial charge in [0.25, 0.3) is 5.91 Å². The van der Waals surface area contributed by atoms with Gasteiger partial charge in [0, 0.05) is 18.4 Å². The standard InChI is InChI=1S/C19H21N3O4S/c1-12(23)18-21-16-7-6-14(11-17(16)22-18)13-4-3-5-15(10-13)19(24)20-8-9-27(2,25)26/h3-7,10-12,23H,8-9H2,1-2H3,(H,20,24)(H,21,22)/t12-/m0/s1. The molecule has 0 aliphatic heterocycles. The SMILES string of the molecule is C[C@H](O)c1nc2ccc(-c3cccc(C(=O)NCCS(C)(=O)=O)c3)cc2[nH]1. The van der Waals surface area contributed by atoms with E-state index in [1.165, 1.54) is 0 Å². The summed E-state index contributed by atoms with van der Waals surface area (Å²) in [6.07, 6.45) is 0.453. The fourth-order valence-electron chi connectivity index (χ4n) is 2.70. The fourth-order valence-corrected chi connectivity index (χ4v) is 3.17. The molecule has 0 aliphatic rings. The summed E-state index contributed by atoms with van der Waals surface area (Å²) in [6, 6.07) is 12.8. The molecule has 3 N–H and O–H groups in total. The van der Waals surface area contributed by atoms with Crippen molar-refractivity contribution < 1.29 is 18.3 Å². The average molecular weight is 387 g/mol. The van der Waals surface area contributed by atoms with E-state index in [0.717, 1.165) is 28.4 Å². The minimum Gasteiger partial charge on any atom is -0.385 e. The van der Waals surface area contributed by atoms with E-state index in [1.54, 1.807) is 25.1 Å². The van der Waals surface area contributed by atoms with Crippen molar-refractivity contribution in [3.63, 3.8) is 0 Å². The van der Waals surface area contributed by atoms with Crippen LogP contribution < -0.4 is 5.32 Å². The first-order chi connectivity index (χ1) is 12.7. The second-order valence-electron chi connectivity index (χ2n) is 6.50. The van der Waals surface area contributed by atoms with Gasteiger partial charge in [-0.15, -0.1) is 0 Å². The molecule has 142 valence electrons. The van der Waals surface area contributed by atoms with Crippen molar-refractivity contribution in [1.82, 2.24) is 15.3 Å². The van der Waals surface area contributed by atoms with Gasteiger partial charge < -0.3 is 15.4 Å². The molecule has 0 spiro atoms. The number of carbonyl (C=O) groups is 1. The molecule has 27 heavy (non-hydrogen) atoms. The highest BCUT2D eigenvalue weighted by Gasteiger charge is 2.11. The number of rotatable bonds is 6. The Kier molecular flexibility index (Phi) is 5.29. The molecule has 2 aromatic carbocycles. The highest BCUT2D eigenvalue weighted by molar-refractivity contribution is 7.90. The van der Waals surface area contributed by atoms with Crippen LogP contribution in [0.3, 0.4) is 0 Å². The van der Waals surface area contributed by atoms with Crippen molar-refractivity contribution in [2.75, 3.05) is 18.6 Å². The predicted molar refractivity (Wildman–Crippen MR) is 104 cm³/mol. The summed E-state index contributed by atoms with van der Waals surface area (Å²) in [5, 5.41) is 12.3. The van der Waals surface area contributed by atoms with Crippen molar-refractivity contribution in [1.29, 1.82) is 0 Å². The van der Waals surface area contributed by atoms with Crippen molar-refractivity contribution in [3.05, 3.63) is 53.9 Å². The van der Waals surface area contributed by atoms with E-state index in [1.807, 2.05) is 24.3 Å². The quantitative estimate of drug-likeness (QED) is 0.599. The number of fused-ring (bicyclic) bond motifs is 1. The highest BCUT2D eigenvalue weighted by atomic mass is 32.2. The zero-order chi connectivity index (χ0) is 19.6. The number of nitrogens with zero attached hydrogens (tertiary/aromatic N) is 1. The van der Waals surface area contributed by atoms with E-state index >= 15 is 0 Å². The number of benzene rings is 2. The molecule has 1 aromatic heterocycles.